The third kappa shape index (κ3) is 24.2. The van der Waals surface area contributed by atoms with Gasteiger partial charge in [0.05, 0.1) is 0 Å². The summed E-state index contributed by atoms with van der Waals surface area (Å²) >= 11 is 0. The molecule has 0 spiro atoms. The van der Waals surface area contributed by atoms with Crippen LogP contribution in [-0.2, 0) is 4.79 Å². The second-order valence-electron chi connectivity index (χ2n) is 0.105. The van der Waals surface area contributed by atoms with Gasteiger partial charge in [-0.2, -0.15) is 0 Å². The summed E-state index contributed by atoms with van der Waals surface area (Å²) in [5, 5.41) is 6.89. The molecule has 0 aromatic rings. The van der Waals surface area contributed by atoms with Gasteiger partial charge in [0.15, 0.2) is 0 Å². The molecule has 18 valence electrons. The third-order valence-corrected chi connectivity index (χ3v) is 0. The SMILES string of the molecule is O=CO.[H+].[Na+]. The van der Waals surface area contributed by atoms with E-state index in [9.17, 15) is 0 Å². The van der Waals surface area contributed by atoms with Crippen molar-refractivity contribution in [1.29, 1.82) is 0 Å². The van der Waals surface area contributed by atoms with Crippen LogP contribution in [0.5, 0.6) is 0 Å². The van der Waals surface area contributed by atoms with Crippen LogP contribution in [-0.4, -0.2) is 11.6 Å². The van der Waals surface area contributed by atoms with Crippen molar-refractivity contribution in [1.82, 2.24) is 0 Å². The van der Waals surface area contributed by atoms with Crippen LogP contribution in [0.1, 0.15) is 1.43 Å². The van der Waals surface area contributed by atoms with E-state index < -0.39 is 0 Å². The smallest absolute Gasteiger partial charge is 0.483 e. The molecular formula is CH3NaO2+2. The molecule has 4 heavy (non-hydrogen) atoms. The summed E-state index contributed by atoms with van der Waals surface area (Å²) in [5.41, 5.74) is 0. The molecule has 0 bridgehead atoms. The van der Waals surface area contributed by atoms with Crippen molar-refractivity contribution < 1.29 is 40.9 Å². The first-order chi connectivity index (χ1) is 1.41. The molecule has 0 heterocycles. The summed E-state index contributed by atoms with van der Waals surface area (Å²) in [5.74, 6) is 0. The van der Waals surface area contributed by atoms with Crippen LogP contribution in [0.25, 0.3) is 0 Å². The van der Waals surface area contributed by atoms with Gasteiger partial charge in [0.2, 0.25) is 0 Å². The molecule has 0 aliphatic carbocycles. The largest absolute Gasteiger partial charge is 1.00 e. The zero-order valence-electron chi connectivity index (χ0n) is 3.43. The van der Waals surface area contributed by atoms with Crippen LogP contribution in [0.2, 0.25) is 0 Å². The van der Waals surface area contributed by atoms with Gasteiger partial charge in [-0.15, -0.1) is 0 Å². The van der Waals surface area contributed by atoms with E-state index in [0.717, 1.165) is 0 Å². The molecule has 1 N–H and O–H groups in total. The van der Waals surface area contributed by atoms with Crippen LogP contribution >= 0.6 is 0 Å². The summed E-state index contributed by atoms with van der Waals surface area (Å²) < 4.78 is 0. The molecule has 0 radical (unpaired) electrons. The fourth-order valence-corrected chi connectivity index (χ4v) is 0. The standard InChI is InChI=1S/CH2O2.Na/c2-1-3;/h1H,(H,2,3);/q;+1/p+1. The summed E-state index contributed by atoms with van der Waals surface area (Å²) in [6, 6.07) is 0. The average molecular weight is 70.0 g/mol. The minimum absolute atomic E-state index is 0. The van der Waals surface area contributed by atoms with Crippen molar-refractivity contribution in [3.05, 3.63) is 0 Å². The number of carboxylic acid groups (broad SMARTS) is 1. The summed E-state index contributed by atoms with van der Waals surface area (Å²) in [7, 11) is 0. The normalized spacial score (nSPS) is 3.00. The van der Waals surface area contributed by atoms with Crippen molar-refractivity contribution in [2.24, 2.45) is 0 Å². The van der Waals surface area contributed by atoms with Gasteiger partial charge in [0.1, 0.15) is 0 Å². The molecule has 0 saturated heterocycles. The van der Waals surface area contributed by atoms with Crippen molar-refractivity contribution in [2.45, 2.75) is 0 Å². The molecule has 0 aliphatic heterocycles. The predicted molar refractivity (Wildman–Crippen MR) is 9.80 cm³/mol. The monoisotopic (exact) mass is 70.0 g/mol. The first kappa shape index (κ1) is 8.82. The minimum Gasteiger partial charge on any atom is -0.483 e. The molecule has 3 heteroatoms. The second kappa shape index (κ2) is 9.80. The van der Waals surface area contributed by atoms with Crippen LogP contribution in [0, 0.1) is 0 Å². The van der Waals surface area contributed by atoms with Crippen molar-refractivity contribution in [3.8, 4) is 0 Å². The van der Waals surface area contributed by atoms with Crippen LogP contribution in [0.15, 0.2) is 0 Å². The zero-order chi connectivity index (χ0) is 2.71. The van der Waals surface area contributed by atoms with E-state index in [4.69, 9.17) is 9.90 Å². The molecule has 0 unspecified atom stereocenters. The maximum Gasteiger partial charge on any atom is 1.00 e. The van der Waals surface area contributed by atoms with E-state index in [2.05, 4.69) is 0 Å². The Balaban J connectivity index is -0.0000000200. The Hall–Kier alpha value is 0.470. The van der Waals surface area contributed by atoms with Crippen LogP contribution < -0.4 is 29.6 Å². The van der Waals surface area contributed by atoms with Gasteiger partial charge in [0.25, 0.3) is 6.47 Å². The van der Waals surface area contributed by atoms with Gasteiger partial charge in [-0.1, -0.05) is 0 Å². The molecule has 2 nitrogen and oxygen atoms in total. The van der Waals surface area contributed by atoms with E-state index in [1.165, 1.54) is 0 Å². The Kier molecular flexibility index (Phi) is 21.6. The van der Waals surface area contributed by atoms with E-state index >= 15 is 0 Å². The fraction of sp³-hybridized carbons (Fsp3) is 0. The van der Waals surface area contributed by atoms with E-state index in [-0.39, 0.29) is 37.5 Å². The summed E-state index contributed by atoms with van der Waals surface area (Å²) in [6.45, 7) is -0.250. The van der Waals surface area contributed by atoms with Crippen LogP contribution in [0.4, 0.5) is 0 Å². The molecule has 0 atom stereocenters. The first-order valence-corrected chi connectivity index (χ1v) is 0.494. The van der Waals surface area contributed by atoms with Gasteiger partial charge in [-0.05, 0) is 0 Å². The molecule has 0 saturated carbocycles. The van der Waals surface area contributed by atoms with Crippen molar-refractivity contribution >= 4 is 6.47 Å². The van der Waals surface area contributed by atoms with Gasteiger partial charge in [-0.25, -0.2) is 0 Å². The van der Waals surface area contributed by atoms with Crippen LogP contribution in [0.3, 0.4) is 0 Å². The Morgan fingerprint density at radius 1 is 2.00 bits per heavy atom. The molecule has 0 fully saturated rings. The summed E-state index contributed by atoms with van der Waals surface area (Å²) in [4.78, 5) is 8.36. The molecular weight excluding hydrogens is 67.0 g/mol. The van der Waals surface area contributed by atoms with Gasteiger partial charge >= 0.3 is 31.0 Å². The predicted octanol–water partition coefficient (Wildman–Crippen LogP) is -3.18. The Bertz CT molecular complexity index is 17.1. The Morgan fingerprint density at radius 3 is 2.00 bits per heavy atom. The maximum atomic E-state index is 8.36. The topological polar surface area (TPSA) is 37.3 Å². The maximum absolute atomic E-state index is 8.36. The average Bonchev–Trinajstić information content (AvgIpc) is 0.918. The molecule has 0 rings (SSSR count). The summed E-state index contributed by atoms with van der Waals surface area (Å²) in [6.07, 6.45) is 0. The van der Waals surface area contributed by atoms with E-state index in [0.29, 0.717) is 0 Å². The minimum atomic E-state index is -0.250. The number of carbonyl (C=O) groups is 1. The molecule has 0 aromatic carbocycles. The van der Waals surface area contributed by atoms with E-state index in [1.807, 2.05) is 0 Å². The van der Waals surface area contributed by atoms with Gasteiger partial charge in [0, 0.05) is 0 Å². The number of hydrogen-bond donors (Lipinski definition) is 1. The quantitative estimate of drug-likeness (QED) is 0.241. The van der Waals surface area contributed by atoms with Gasteiger partial charge in [-0.3, -0.25) is 4.79 Å². The molecule has 0 aliphatic rings. The third-order valence-electron chi connectivity index (χ3n) is 0. The second-order valence-corrected chi connectivity index (χ2v) is 0.105. The molecule has 0 amide bonds. The van der Waals surface area contributed by atoms with Crippen molar-refractivity contribution in [2.75, 3.05) is 0 Å². The number of rotatable bonds is 0. The van der Waals surface area contributed by atoms with E-state index in [1.54, 1.807) is 0 Å². The Morgan fingerprint density at radius 2 is 2.00 bits per heavy atom. The number of hydrogen-bond acceptors (Lipinski definition) is 1. The van der Waals surface area contributed by atoms with Gasteiger partial charge < -0.3 is 5.11 Å². The molecule has 0 aromatic heterocycles. The zero-order valence-corrected chi connectivity index (χ0v) is 4.43. The van der Waals surface area contributed by atoms with Crippen molar-refractivity contribution in [3.63, 3.8) is 0 Å². The Labute approximate surface area is 47.6 Å². The fourth-order valence-electron chi connectivity index (χ4n) is 0. The first-order valence-electron chi connectivity index (χ1n) is 0.494.